The number of carbonyl (C=O) groups excluding carboxylic acids is 4. The lowest BCUT2D eigenvalue weighted by atomic mass is 9.98. The standard InChI is InChI=1S/C28H32N6O6S4/c1-31-23(39)27(15-35)33(3)21(37)25(31,41-43-27)11-17-5-7-19(29-13-17)9-10-20-8-6-18(14-30-20)12-26-22(38)34(4)28(16-36,44-42-26)24(40)32(26)2/h5-8,13-14,35-36H,9-12,15-16H2,1-4H3/t25-,26-,27-,28-/m0/s1. The highest BCUT2D eigenvalue weighted by Gasteiger charge is 2.68. The number of nitrogens with zero attached hydrogens (tertiary/aromatic N) is 6. The van der Waals surface area contributed by atoms with Crippen molar-refractivity contribution in [3.8, 4) is 0 Å². The van der Waals surface area contributed by atoms with Crippen molar-refractivity contribution < 1.29 is 29.4 Å². The zero-order valence-electron chi connectivity index (χ0n) is 24.6. The van der Waals surface area contributed by atoms with Crippen LogP contribution in [0.2, 0.25) is 0 Å². The van der Waals surface area contributed by atoms with Gasteiger partial charge in [0.2, 0.25) is 9.74 Å². The third-order valence-corrected chi connectivity index (χ3v) is 16.5. The summed E-state index contributed by atoms with van der Waals surface area (Å²) in [5.41, 5.74) is 3.36. The van der Waals surface area contributed by atoms with Crippen LogP contribution in [0.4, 0.5) is 0 Å². The summed E-state index contributed by atoms with van der Waals surface area (Å²) in [6, 6.07) is 7.68. The molecule has 2 aromatic heterocycles. The van der Waals surface area contributed by atoms with Gasteiger partial charge in [0.15, 0.2) is 9.74 Å². The lowest BCUT2D eigenvalue weighted by Crippen LogP contribution is -2.77. The Morgan fingerprint density at radius 2 is 0.886 bits per heavy atom. The molecule has 4 amide bonds. The molecule has 6 aliphatic rings. The maximum atomic E-state index is 13.3. The van der Waals surface area contributed by atoms with Crippen LogP contribution in [0.5, 0.6) is 0 Å². The molecule has 44 heavy (non-hydrogen) atoms. The Kier molecular flexibility index (Phi) is 7.93. The van der Waals surface area contributed by atoms with Crippen LogP contribution in [-0.2, 0) is 44.9 Å². The number of piperazine rings is 2. The molecule has 0 aromatic carbocycles. The van der Waals surface area contributed by atoms with E-state index in [2.05, 4.69) is 9.97 Å². The van der Waals surface area contributed by atoms with Crippen molar-refractivity contribution in [1.82, 2.24) is 29.6 Å². The number of pyridine rings is 2. The van der Waals surface area contributed by atoms with Crippen LogP contribution in [0.1, 0.15) is 22.5 Å². The van der Waals surface area contributed by atoms with Crippen molar-refractivity contribution in [3.63, 3.8) is 0 Å². The Hall–Kier alpha value is -2.50. The van der Waals surface area contributed by atoms with Gasteiger partial charge in [-0.1, -0.05) is 33.7 Å². The summed E-state index contributed by atoms with van der Waals surface area (Å²) < 4.78 is 0. The van der Waals surface area contributed by atoms with Crippen LogP contribution in [0.15, 0.2) is 36.7 Å². The van der Waals surface area contributed by atoms with E-state index >= 15 is 0 Å². The van der Waals surface area contributed by atoms with E-state index in [-0.39, 0.29) is 23.6 Å². The van der Waals surface area contributed by atoms with Gasteiger partial charge in [-0.05, 0) is 57.7 Å². The molecular formula is C28H32N6O6S4. The highest BCUT2D eigenvalue weighted by molar-refractivity contribution is 8.78. The highest BCUT2D eigenvalue weighted by atomic mass is 33.1. The number of hydrogen-bond donors (Lipinski definition) is 2. The summed E-state index contributed by atoms with van der Waals surface area (Å²) in [6.07, 6.45) is 5.35. The normalized spacial score (nSPS) is 31.5. The van der Waals surface area contributed by atoms with Crippen molar-refractivity contribution in [2.45, 2.75) is 45.2 Å². The van der Waals surface area contributed by atoms with E-state index in [0.29, 0.717) is 25.7 Å². The number of aliphatic hydroxyl groups excluding tert-OH is 2. The minimum absolute atomic E-state index is 0.215. The average Bonchev–Trinajstić information content (AvgIpc) is 3.04. The molecule has 0 saturated carbocycles. The van der Waals surface area contributed by atoms with Crippen LogP contribution >= 0.6 is 43.2 Å². The van der Waals surface area contributed by atoms with Gasteiger partial charge in [0.1, 0.15) is 0 Å². The van der Waals surface area contributed by atoms with Crippen LogP contribution in [0.3, 0.4) is 0 Å². The molecule has 0 spiro atoms. The molecule has 0 unspecified atom stereocenters. The molecule has 4 bridgehead atoms. The number of aliphatic hydroxyl groups is 2. The molecule has 6 fully saturated rings. The molecule has 2 aromatic rings. The van der Waals surface area contributed by atoms with Gasteiger partial charge in [0, 0.05) is 64.8 Å². The molecular weight excluding hydrogens is 645 g/mol. The maximum Gasteiger partial charge on any atom is 0.263 e. The zero-order valence-corrected chi connectivity index (χ0v) is 27.8. The third-order valence-electron chi connectivity index (χ3n) is 9.08. The molecule has 0 aliphatic carbocycles. The first-order chi connectivity index (χ1) is 20.9. The molecule has 8 heterocycles. The lowest BCUT2D eigenvalue weighted by Gasteiger charge is -2.58. The molecule has 6 aliphatic heterocycles. The molecule has 6 saturated heterocycles. The highest BCUT2D eigenvalue weighted by Crippen LogP contribution is 2.60. The summed E-state index contributed by atoms with van der Waals surface area (Å²) in [4.78, 5) is 62.9. The Balaban J connectivity index is 1.09. The van der Waals surface area contributed by atoms with E-state index in [1.807, 2.05) is 24.3 Å². The van der Waals surface area contributed by atoms with Gasteiger partial charge < -0.3 is 29.8 Å². The minimum Gasteiger partial charge on any atom is -0.392 e. The predicted molar refractivity (Wildman–Crippen MR) is 170 cm³/mol. The van der Waals surface area contributed by atoms with Crippen molar-refractivity contribution in [3.05, 3.63) is 59.2 Å². The second kappa shape index (κ2) is 11.1. The summed E-state index contributed by atoms with van der Waals surface area (Å²) >= 11 is 0. The van der Waals surface area contributed by atoms with E-state index in [1.165, 1.54) is 62.8 Å². The maximum absolute atomic E-state index is 13.3. The number of carbonyl (C=O) groups is 4. The van der Waals surface area contributed by atoms with Crippen molar-refractivity contribution in [2.24, 2.45) is 0 Å². The second-order valence-corrected chi connectivity index (χ2v) is 16.8. The fraction of sp³-hybridized carbons (Fsp3) is 0.500. The predicted octanol–water partition coefficient (Wildman–Crippen LogP) is 0.767. The van der Waals surface area contributed by atoms with Gasteiger partial charge in [-0.3, -0.25) is 29.1 Å². The van der Waals surface area contributed by atoms with Crippen molar-refractivity contribution >= 4 is 66.8 Å². The number of hydrogen-bond acceptors (Lipinski definition) is 12. The van der Waals surface area contributed by atoms with Gasteiger partial charge >= 0.3 is 0 Å². The molecule has 12 nitrogen and oxygen atoms in total. The Morgan fingerprint density at radius 1 is 0.568 bits per heavy atom. The van der Waals surface area contributed by atoms with E-state index in [9.17, 15) is 29.4 Å². The van der Waals surface area contributed by atoms with Gasteiger partial charge in [0.25, 0.3) is 23.6 Å². The van der Waals surface area contributed by atoms with E-state index in [1.54, 1.807) is 40.6 Å². The average molecular weight is 677 g/mol. The minimum atomic E-state index is -1.28. The topological polar surface area (TPSA) is 147 Å². The van der Waals surface area contributed by atoms with Crippen LogP contribution in [0, 0.1) is 0 Å². The number of likely N-dealkylation sites (N-methyl/N-ethyl adjacent to an activating group) is 4. The molecule has 2 N–H and O–H groups in total. The van der Waals surface area contributed by atoms with Crippen molar-refractivity contribution in [1.29, 1.82) is 0 Å². The Bertz CT molecular complexity index is 1420. The van der Waals surface area contributed by atoms with Crippen LogP contribution in [-0.4, -0.2) is 124 Å². The smallest absolute Gasteiger partial charge is 0.263 e. The first-order valence-corrected chi connectivity index (χ1v) is 18.2. The van der Waals surface area contributed by atoms with Gasteiger partial charge in [-0.15, -0.1) is 0 Å². The van der Waals surface area contributed by atoms with Crippen molar-refractivity contribution in [2.75, 3.05) is 41.4 Å². The summed E-state index contributed by atoms with van der Waals surface area (Å²) in [5.74, 6) is -1.00. The van der Waals surface area contributed by atoms with Crippen LogP contribution < -0.4 is 0 Å². The number of rotatable bonds is 9. The van der Waals surface area contributed by atoms with E-state index in [0.717, 1.165) is 22.5 Å². The monoisotopic (exact) mass is 676 g/mol. The zero-order chi connectivity index (χ0) is 31.7. The van der Waals surface area contributed by atoms with Gasteiger partial charge in [0.05, 0.1) is 13.2 Å². The molecule has 0 radical (unpaired) electrons. The SMILES string of the molecule is CN1C(=O)[C@]2(Cc3ccc(CCc4ccc(C[C@@]56SS[C@@](CO)(C(=O)N5C)N(C)C6=O)cn4)nc3)SS[C@@]1(CO)C(=O)N2C. The third kappa shape index (κ3) is 4.31. The molecule has 8 rings (SSSR count). The summed E-state index contributed by atoms with van der Waals surface area (Å²) in [7, 11) is 11.4. The summed E-state index contributed by atoms with van der Waals surface area (Å²) in [5, 5.41) is 19.8. The molecule has 4 atom stereocenters. The number of fused-ring (bicyclic) bond motifs is 6. The number of aromatic nitrogens is 2. The Morgan fingerprint density at radius 3 is 1.20 bits per heavy atom. The van der Waals surface area contributed by atoms with E-state index < -0.39 is 32.7 Å². The quantitative estimate of drug-likeness (QED) is 0.362. The molecule has 16 heteroatoms. The van der Waals surface area contributed by atoms with Gasteiger partial charge in [-0.25, -0.2) is 0 Å². The van der Waals surface area contributed by atoms with Gasteiger partial charge in [-0.2, -0.15) is 0 Å². The first kappa shape index (κ1) is 31.5. The Labute approximate surface area is 270 Å². The number of aryl methyl sites for hydroxylation is 2. The fourth-order valence-corrected chi connectivity index (χ4v) is 13.2. The number of amides is 4. The van der Waals surface area contributed by atoms with Crippen LogP contribution in [0.25, 0.3) is 0 Å². The largest absolute Gasteiger partial charge is 0.392 e. The van der Waals surface area contributed by atoms with E-state index in [4.69, 9.17) is 0 Å². The first-order valence-electron chi connectivity index (χ1n) is 13.9. The fourth-order valence-electron chi connectivity index (χ4n) is 5.99. The second-order valence-electron chi connectivity index (χ2n) is 11.4. The molecule has 234 valence electrons. The lowest BCUT2D eigenvalue weighted by molar-refractivity contribution is -0.165. The summed E-state index contributed by atoms with van der Waals surface area (Å²) in [6.45, 7) is -0.888.